The van der Waals surface area contributed by atoms with Crippen LogP contribution in [-0.4, -0.2) is 25.8 Å². The summed E-state index contributed by atoms with van der Waals surface area (Å²) < 4.78 is 8.97. The van der Waals surface area contributed by atoms with Gasteiger partial charge in [0.1, 0.15) is 0 Å². The molecule has 1 N–H and O–H groups in total. The van der Waals surface area contributed by atoms with Gasteiger partial charge in [0.05, 0.1) is 30.3 Å². The molecule has 1 atom stereocenters. The van der Waals surface area contributed by atoms with Gasteiger partial charge in [-0.25, -0.2) is 4.98 Å². The largest absolute Gasteiger partial charge is 0.377 e. The summed E-state index contributed by atoms with van der Waals surface area (Å²) in [6.07, 6.45) is 3.35. The van der Waals surface area contributed by atoms with Gasteiger partial charge in [0.25, 0.3) is 5.56 Å². The summed E-state index contributed by atoms with van der Waals surface area (Å²) in [6.45, 7) is 3.10. The van der Waals surface area contributed by atoms with E-state index in [1.165, 1.54) is 0 Å². The van der Waals surface area contributed by atoms with Crippen molar-refractivity contribution in [2.45, 2.75) is 19.1 Å². The fourth-order valence-corrected chi connectivity index (χ4v) is 5.00. The number of nitrogens with zero attached hydrogens (tertiary/aromatic N) is 3. The molecule has 0 aliphatic rings. The van der Waals surface area contributed by atoms with Crippen LogP contribution in [0.15, 0.2) is 90.1 Å². The van der Waals surface area contributed by atoms with Crippen molar-refractivity contribution in [2.75, 3.05) is 6.61 Å². The van der Waals surface area contributed by atoms with Gasteiger partial charge in [-0.2, -0.15) is 0 Å². The summed E-state index contributed by atoms with van der Waals surface area (Å²) in [5.74, 6) is 0. The van der Waals surface area contributed by atoms with E-state index in [1.807, 2.05) is 79.2 Å². The van der Waals surface area contributed by atoms with Gasteiger partial charge in [-0.05, 0) is 59.0 Å². The Morgan fingerprint density at radius 3 is 2.43 bits per heavy atom. The number of hydrogen-bond donors (Lipinski definition) is 1. The van der Waals surface area contributed by atoms with Crippen molar-refractivity contribution < 1.29 is 9.84 Å². The molecular formula is C30H28ClN3O3. The van der Waals surface area contributed by atoms with Crippen molar-refractivity contribution in [1.82, 2.24) is 14.1 Å². The van der Waals surface area contributed by atoms with E-state index < -0.39 is 5.60 Å². The number of aromatic nitrogens is 3. The Kier molecular flexibility index (Phi) is 6.73. The number of halogens is 1. The highest BCUT2D eigenvalue weighted by Gasteiger charge is 2.37. The minimum absolute atomic E-state index is 0.123. The van der Waals surface area contributed by atoms with Gasteiger partial charge in [0, 0.05) is 37.2 Å². The first-order chi connectivity index (χ1) is 17.8. The van der Waals surface area contributed by atoms with Gasteiger partial charge in [0.15, 0.2) is 5.60 Å². The standard InChI is InChI=1S/C30H28ClN3O3/c1-4-37-18-20-8-10-22(11-9-20)30(36,28-17-32-19-33(28)2)23-12-13-27-26(15-23)25(16-29(35)34(27)3)21-6-5-7-24(31)14-21/h5-17,19,36H,4,18H2,1-3H3. The molecule has 2 heterocycles. The fourth-order valence-electron chi connectivity index (χ4n) is 4.81. The topological polar surface area (TPSA) is 69.3 Å². The Morgan fingerprint density at radius 1 is 1.00 bits per heavy atom. The zero-order valence-electron chi connectivity index (χ0n) is 21.0. The van der Waals surface area contributed by atoms with Crippen molar-refractivity contribution in [2.24, 2.45) is 14.1 Å². The lowest BCUT2D eigenvalue weighted by molar-refractivity contribution is 0.117. The van der Waals surface area contributed by atoms with Crippen LogP contribution >= 0.6 is 11.6 Å². The lowest BCUT2D eigenvalue weighted by atomic mass is 9.82. The zero-order chi connectivity index (χ0) is 26.2. The van der Waals surface area contributed by atoms with Crippen LogP contribution < -0.4 is 5.56 Å². The van der Waals surface area contributed by atoms with Crippen LogP contribution in [0.5, 0.6) is 0 Å². The first-order valence-electron chi connectivity index (χ1n) is 12.1. The summed E-state index contributed by atoms with van der Waals surface area (Å²) in [5.41, 5.74) is 3.72. The number of rotatable bonds is 7. The lowest BCUT2D eigenvalue weighted by Crippen LogP contribution is -2.31. The minimum Gasteiger partial charge on any atom is -0.377 e. The summed E-state index contributed by atoms with van der Waals surface area (Å²) >= 11 is 6.29. The fraction of sp³-hybridized carbons (Fsp3) is 0.200. The molecule has 0 aliphatic heterocycles. The predicted molar refractivity (Wildman–Crippen MR) is 147 cm³/mol. The Labute approximate surface area is 220 Å². The first-order valence-corrected chi connectivity index (χ1v) is 12.5. The molecule has 5 aromatic rings. The Morgan fingerprint density at radius 2 is 1.76 bits per heavy atom. The van der Waals surface area contributed by atoms with E-state index >= 15 is 0 Å². The summed E-state index contributed by atoms with van der Waals surface area (Å²) in [6, 6.07) is 22.5. The highest BCUT2D eigenvalue weighted by atomic mass is 35.5. The molecule has 3 aromatic carbocycles. The van der Waals surface area contributed by atoms with Crippen LogP contribution in [0.3, 0.4) is 0 Å². The number of imidazole rings is 1. The van der Waals surface area contributed by atoms with Crippen LogP contribution in [0.2, 0.25) is 5.02 Å². The van der Waals surface area contributed by atoms with Crippen LogP contribution in [0, 0.1) is 0 Å². The van der Waals surface area contributed by atoms with Crippen molar-refractivity contribution in [3.63, 3.8) is 0 Å². The molecule has 0 bridgehead atoms. The van der Waals surface area contributed by atoms with Gasteiger partial charge >= 0.3 is 0 Å². The third kappa shape index (κ3) is 4.48. The van der Waals surface area contributed by atoms with Gasteiger partial charge < -0.3 is 19.0 Å². The van der Waals surface area contributed by atoms with Crippen LogP contribution in [-0.2, 0) is 31.0 Å². The van der Waals surface area contributed by atoms with E-state index in [0.717, 1.165) is 27.6 Å². The van der Waals surface area contributed by atoms with E-state index in [2.05, 4.69) is 4.98 Å². The molecule has 37 heavy (non-hydrogen) atoms. The number of pyridine rings is 1. The van der Waals surface area contributed by atoms with Crippen LogP contribution in [0.4, 0.5) is 0 Å². The third-order valence-electron chi connectivity index (χ3n) is 6.83. The number of aryl methyl sites for hydroxylation is 2. The minimum atomic E-state index is -1.50. The molecular weight excluding hydrogens is 486 g/mol. The van der Waals surface area contributed by atoms with E-state index in [1.54, 1.807) is 36.3 Å². The molecule has 6 nitrogen and oxygen atoms in total. The Balaban J connectivity index is 1.76. The smallest absolute Gasteiger partial charge is 0.251 e. The molecule has 0 aliphatic carbocycles. The molecule has 188 valence electrons. The maximum absolute atomic E-state index is 12.8. The SMILES string of the molecule is CCOCc1ccc(C(O)(c2ccc3c(c2)c(-c2cccc(Cl)c2)cc(=O)n3C)c2cncn2C)cc1. The maximum Gasteiger partial charge on any atom is 0.251 e. The van der Waals surface area contributed by atoms with Crippen molar-refractivity contribution in [3.8, 4) is 11.1 Å². The summed E-state index contributed by atoms with van der Waals surface area (Å²) in [4.78, 5) is 17.1. The molecule has 0 saturated carbocycles. The second-order valence-electron chi connectivity index (χ2n) is 9.13. The van der Waals surface area contributed by atoms with E-state index in [4.69, 9.17) is 16.3 Å². The highest BCUT2D eigenvalue weighted by molar-refractivity contribution is 6.30. The van der Waals surface area contributed by atoms with Gasteiger partial charge in [-0.3, -0.25) is 4.79 Å². The van der Waals surface area contributed by atoms with Crippen LogP contribution in [0.25, 0.3) is 22.0 Å². The molecule has 0 radical (unpaired) electrons. The average Bonchev–Trinajstić information content (AvgIpc) is 3.35. The lowest BCUT2D eigenvalue weighted by Gasteiger charge is -2.30. The predicted octanol–water partition coefficient (Wildman–Crippen LogP) is 5.41. The summed E-state index contributed by atoms with van der Waals surface area (Å²) in [5, 5.41) is 13.9. The van der Waals surface area contributed by atoms with Crippen LogP contribution in [0.1, 0.15) is 29.3 Å². The number of ether oxygens (including phenoxy) is 1. The monoisotopic (exact) mass is 513 g/mol. The maximum atomic E-state index is 12.8. The van der Waals surface area contributed by atoms with Crippen molar-refractivity contribution in [3.05, 3.63) is 123 Å². The van der Waals surface area contributed by atoms with E-state index in [9.17, 15) is 9.90 Å². The molecule has 0 spiro atoms. The molecule has 0 amide bonds. The van der Waals surface area contributed by atoms with E-state index in [-0.39, 0.29) is 5.56 Å². The normalized spacial score (nSPS) is 13.1. The van der Waals surface area contributed by atoms with Crippen molar-refractivity contribution >= 4 is 22.5 Å². The number of hydrogen-bond acceptors (Lipinski definition) is 4. The van der Waals surface area contributed by atoms with Gasteiger partial charge in [-0.1, -0.05) is 54.1 Å². The summed E-state index contributed by atoms with van der Waals surface area (Å²) in [7, 11) is 3.61. The van der Waals surface area contributed by atoms with Gasteiger partial charge in [0.2, 0.25) is 0 Å². The average molecular weight is 514 g/mol. The molecule has 2 aromatic heterocycles. The Bertz CT molecular complexity index is 1640. The third-order valence-corrected chi connectivity index (χ3v) is 7.07. The first kappa shape index (κ1) is 25.0. The number of fused-ring (bicyclic) bond motifs is 1. The highest BCUT2D eigenvalue weighted by Crippen LogP contribution is 2.39. The molecule has 0 fully saturated rings. The molecule has 0 saturated heterocycles. The van der Waals surface area contributed by atoms with Gasteiger partial charge in [-0.15, -0.1) is 0 Å². The number of aliphatic hydroxyl groups is 1. The van der Waals surface area contributed by atoms with Crippen molar-refractivity contribution in [1.29, 1.82) is 0 Å². The van der Waals surface area contributed by atoms with E-state index in [0.29, 0.717) is 35.1 Å². The molecule has 1 unspecified atom stereocenters. The Hall–Kier alpha value is -3.71. The quantitative estimate of drug-likeness (QED) is 0.316. The second-order valence-corrected chi connectivity index (χ2v) is 9.57. The number of benzene rings is 3. The zero-order valence-corrected chi connectivity index (χ0v) is 21.7. The molecule has 5 rings (SSSR count). The molecule has 7 heteroatoms. The second kappa shape index (κ2) is 9.98.